The zero-order valence-corrected chi connectivity index (χ0v) is 14.4. The van der Waals surface area contributed by atoms with Crippen molar-refractivity contribution in [3.8, 4) is 0 Å². The number of amides is 1. The van der Waals surface area contributed by atoms with Gasteiger partial charge in [0, 0.05) is 24.0 Å². The smallest absolute Gasteiger partial charge is 0.258 e. The van der Waals surface area contributed by atoms with Crippen molar-refractivity contribution in [2.45, 2.75) is 24.8 Å². The number of hydrogen-bond donors (Lipinski definition) is 2. The van der Waals surface area contributed by atoms with E-state index in [-0.39, 0.29) is 22.4 Å². The van der Waals surface area contributed by atoms with Crippen LogP contribution < -0.4 is 10.0 Å². The number of fused-ring (bicyclic) bond motifs is 1. The third kappa shape index (κ3) is 3.80. The van der Waals surface area contributed by atoms with Crippen LogP contribution in [0.15, 0.2) is 47.6 Å². The number of benzene rings is 1. The van der Waals surface area contributed by atoms with Gasteiger partial charge in [0.1, 0.15) is 0 Å². The van der Waals surface area contributed by atoms with Crippen molar-refractivity contribution in [3.63, 3.8) is 0 Å². The standard InChI is InChI=1S/C15H16N6O3S/c1-10(2)20-25(23,24)12-6-4-11(5-7-12)13(22)17-14-18-15-16-8-3-9-21(15)19-14/h3-10,20H,1-2H3,(H,17,19,22). The fourth-order valence-corrected chi connectivity index (χ4v) is 3.37. The molecule has 130 valence electrons. The van der Waals surface area contributed by atoms with Gasteiger partial charge in [-0.3, -0.25) is 10.1 Å². The lowest BCUT2D eigenvalue weighted by atomic mass is 10.2. The Hall–Kier alpha value is -2.85. The van der Waals surface area contributed by atoms with E-state index in [1.165, 1.54) is 28.8 Å². The van der Waals surface area contributed by atoms with Gasteiger partial charge >= 0.3 is 0 Å². The molecule has 2 heterocycles. The predicted octanol–water partition coefficient (Wildman–Crippen LogP) is 1.06. The summed E-state index contributed by atoms with van der Waals surface area (Å²) >= 11 is 0. The third-order valence-electron chi connectivity index (χ3n) is 3.16. The minimum absolute atomic E-state index is 0.0906. The topological polar surface area (TPSA) is 118 Å². The highest BCUT2D eigenvalue weighted by Gasteiger charge is 2.16. The van der Waals surface area contributed by atoms with Crippen molar-refractivity contribution in [1.82, 2.24) is 24.3 Å². The lowest BCUT2D eigenvalue weighted by molar-refractivity contribution is 0.102. The summed E-state index contributed by atoms with van der Waals surface area (Å²) in [4.78, 5) is 20.4. The molecule has 0 radical (unpaired) electrons. The molecule has 0 saturated carbocycles. The number of sulfonamides is 1. The molecule has 0 aliphatic carbocycles. The maximum atomic E-state index is 12.2. The fourth-order valence-electron chi connectivity index (χ4n) is 2.12. The Morgan fingerprint density at radius 3 is 2.56 bits per heavy atom. The van der Waals surface area contributed by atoms with E-state index in [0.717, 1.165) is 0 Å². The molecule has 0 atom stereocenters. The molecule has 0 saturated heterocycles. The largest absolute Gasteiger partial charge is 0.289 e. The molecular weight excluding hydrogens is 344 g/mol. The molecule has 0 fully saturated rings. The average Bonchev–Trinajstić information content (AvgIpc) is 2.96. The van der Waals surface area contributed by atoms with Crippen LogP contribution in [0.4, 0.5) is 5.95 Å². The summed E-state index contributed by atoms with van der Waals surface area (Å²) < 4.78 is 28.1. The van der Waals surface area contributed by atoms with Crippen LogP contribution in [-0.2, 0) is 10.0 Å². The normalized spacial score (nSPS) is 11.8. The van der Waals surface area contributed by atoms with E-state index in [4.69, 9.17) is 0 Å². The minimum Gasteiger partial charge on any atom is -0.289 e. The molecular formula is C15H16N6O3S. The van der Waals surface area contributed by atoms with Gasteiger partial charge < -0.3 is 0 Å². The number of rotatable bonds is 5. The Labute approximate surface area is 144 Å². The van der Waals surface area contributed by atoms with Gasteiger partial charge in [0.05, 0.1) is 4.90 Å². The van der Waals surface area contributed by atoms with Crippen LogP contribution in [0.25, 0.3) is 5.78 Å². The lowest BCUT2D eigenvalue weighted by Crippen LogP contribution is -2.30. The van der Waals surface area contributed by atoms with Gasteiger partial charge in [0.25, 0.3) is 17.6 Å². The summed E-state index contributed by atoms with van der Waals surface area (Å²) in [5, 5.41) is 6.62. The summed E-state index contributed by atoms with van der Waals surface area (Å²) in [6, 6.07) is 7.08. The van der Waals surface area contributed by atoms with Crippen LogP contribution in [0.2, 0.25) is 0 Å². The van der Waals surface area contributed by atoms with Gasteiger partial charge in [-0.25, -0.2) is 22.6 Å². The van der Waals surface area contributed by atoms with Gasteiger partial charge in [-0.2, -0.15) is 4.98 Å². The Morgan fingerprint density at radius 1 is 1.20 bits per heavy atom. The zero-order valence-electron chi connectivity index (χ0n) is 13.5. The number of anilines is 1. The maximum Gasteiger partial charge on any atom is 0.258 e. The second-order valence-electron chi connectivity index (χ2n) is 5.55. The predicted molar refractivity (Wildman–Crippen MR) is 90.6 cm³/mol. The first kappa shape index (κ1) is 17.0. The van der Waals surface area contributed by atoms with Crippen LogP contribution >= 0.6 is 0 Å². The number of carbonyl (C=O) groups excluding carboxylic acids is 1. The van der Waals surface area contributed by atoms with E-state index in [1.807, 2.05) is 0 Å². The number of nitrogens with one attached hydrogen (secondary N) is 2. The molecule has 1 amide bonds. The summed E-state index contributed by atoms with van der Waals surface area (Å²) in [6.07, 6.45) is 3.23. The van der Waals surface area contributed by atoms with Crippen molar-refractivity contribution >= 4 is 27.7 Å². The van der Waals surface area contributed by atoms with Gasteiger partial charge in [-0.05, 0) is 44.2 Å². The molecule has 0 aliphatic heterocycles. The monoisotopic (exact) mass is 360 g/mol. The van der Waals surface area contributed by atoms with E-state index < -0.39 is 15.9 Å². The number of aromatic nitrogens is 4. The molecule has 3 aromatic rings. The highest BCUT2D eigenvalue weighted by molar-refractivity contribution is 7.89. The first-order chi connectivity index (χ1) is 11.8. The number of carbonyl (C=O) groups is 1. The SMILES string of the molecule is CC(C)NS(=O)(=O)c1ccc(C(=O)Nc2nc3ncccn3n2)cc1. The van der Waals surface area contributed by atoms with Crippen molar-refractivity contribution in [1.29, 1.82) is 0 Å². The minimum atomic E-state index is -3.60. The van der Waals surface area contributed by atoms with E-state index in [9.17, 15) is 13.2 Å². The van der Waals surface area contributed by atoms with E-state index in [1.54, 1.807) is 32.3 Å². The number of hydrogen-bond acceptors (Lipinski definition) is 6. The van der Waals surface area contributed by atoms with Gasteiger partial charge in [0.15, 0.2) is 0 Å². The van der Waals surface area contributed by atoms with Crippen LogP contribution in [0, 0.1) is 0 Å². The van der Waals surface area contributed by atoms with Crippen LogP contribution in [0.1, 0.15) is 24.2 Å². The molecule has 1 aromatic carbocycles. The lowest BCUT2D eigenvalue weighted by Gasteiger charge is -2.09. The Morgan fingerprint density at radius 2 is 1.92 bits per heavy atom. The maximum absolute atomic E-state index is 12.2. The molecule has 3 rings (SSSR count). The summed E-state index contributed by atoms with van der Waals surface area (Å²) in [5.41, 5.74) is 0.287. The first-order valence-electron chi connectivity index (χ1n) is 7.46. The van der Waals surface area contributed by atoms with Gasteiger partial charge in [-0.1, -0.05) is 0 Å². The zero-order chi connectivity index (χ0) is 18.0. The first-order valence-corrected chi connectivity index (χ1v) is 8.94. The summed E-state index contributed by atoms with van der Waals surface area (Å²) in [5.74, 6) is 0.0255. The molecule has 0 unspecified atom stereocenters. The van der Waals surface area contributed by atoms with Crippen LogP contribution in [-0.4, -0.2) is 39.9 Å². The van der Waals surface area contributed by atoms with Crippen LogP contribution in [0.3, 0.4) is 0 Å². The summed E-state index contributed by atoms with van der Waals surface area (Å²) in [7, 11) is -3.60. The van der Waals surface area contributed by atoms with Gasteiger partial charge in [-0.15, -0.1) is 5.10 Å². The van der Waals surface area contributed by atoms with Crippen molar-refractivity contribution in [2.75, 3.05) is 5.32 Å². The second kappa shape index (κ2) is 6.57. The van der Waals surface area contributed by atoms with Crippen LogP contribution in [0.5, 0.6) is 0 Å². The van der Waals surface area contributed by atoms with Crippen molar-refractivity contribution in [3.05, 3.63) is 48.3 Å². The van der Waals surface area contributed by atoms with E-state index in [2.05, 4.69) is 25.1 Å². The van der Waals surface area contributed by atoms with E-state index >= 15 is 0 Å². The van der Waals surface area contributed by atoms with Crippen molar-refractivity contribution in [2.24, 2.45) is 0 Å². The quantitative estimate of drug-likeness (QED) is 0.702. The van der Waals surface area contributed by atoms with Gasteiger partial charge in [0.2, 0.25) is 10.0 Å². The summed E-state index contributed by atoms with van der Waals surface area (Å²) in [6.45, 7) is 3.46. The Balaban J connectivity index is 1.76. The molecule has 2 N–H and O–H groups in total. The molecule has 2 aromatic heterocycles. The third-order valence-corrected chi connectivity index (χ3v) is 4.83. The highest BCUT2D eigenvalue weighted by Crippen LogP contribution is 2.12. The average molecular weight is 360 g/mol. The molecule has 0 aliphatic rings. The second-order valence-corrected chi connectivity index (χ2v) is 7.27. The fraction of sp³-hybridized carbons (Fsp3) is 0.200. The highest BCUT2D eigenvalue weighted by atomic mass is 32.2. The van der Waals surface area contributed by atoms with Crippen molar-refractivity contribution < 1.29 is 13.2 Å². The molecule has 0 bridgehead atoms. The molecule has 9 nitrogen and oxygen atoms in total. The Kier molecular flexibility index (Phi) is 4.47. The van der Waals surface area contributed by atoms with E-state index in [0.29, 0.717) is 5.78 Å². The molecule has 25 heavy (non-hydrogen) atoms. The molecule has 0 spiro atoms. The Bertz CT molecular complexity index is 978. The number of nitrogens with zero attached hydrogens (tertiary/aromatic N) is 4. The molecule has 10 heteroatoms.